The highest BCUT2D eigenvalue weighted by atomic mass is 16.5. The highest BCUT2D eigenvalue weighted by Crippen LogP contribution is 2.17. The Labute approximate surface area is 144 Å². The first-order chi connectivity index (χ1) is 11.6. The summed E-state index contributed by atoms with van der Waals surface area (Å²) in [5, 5.41) is 2.94. The Morgan fingerprint density at radius 1 is 1.08 bits per heavy atom. The Balaban J connectivity index is 1.87. The third kappa shape index (κ3) is 6.05. The zero-order valence-corrected chi connectivity index (χ0v) is 14.7. The van der Waals surface area contributed by atoms with Crippen LogP contribution in [0, 0.1) is 0 Å². The maximum absolute atomic E-state index is 12.3. The number of anilines is 1. The van der Waals surface area contributed by atoms with Crippen molar-refractivity contribution in [2.45, 2.75) is 33.4 Å². The summed E-state index contributed by atoms with van der Waals surface area (Å²) in [5.41, 5.74) is 1.99. The van der Waals surface area contributed by atoms with Gasteiger partial charge < -0.3 is 10.1 Å². The van der Waals surface area contributed by atoms with Crippen LogP contribution in [0.15, 0.2) is 54.6 Å². The van der Waals surface area contributed by atoms with Gasteiger partial charge in [-0.1, -0.05) is 37.3 Å². The van der Waals surface area contributed by atoms with Crippen molar-refractivity contribution in [3.8, 4) is 5.75 Å². The van der Waals surface area contributed by atoms with Crippen molar-refractivity contribution in [1.29, 1.82) is 0 Å². The summed E-state index contributed by atoms with van der Waals surface area (Å²) in [4.78, 5) is 14.4. The third-order valence-corrected chi connectivity index (χ3v) is 3.57. The Morgan fingerprint density at radius 2 is 1.75 bits per heavy atom. The van der Waals surface area contributed by atoms with Gasteiger partial charge in [0.15, 0.2) is 0 Å². The molecular formula is C20H26N2O2. The molecule has 2 aromatic rings. The zero-order chi connectivity index (χ0) is 17.4. The number of carbonyl (C=O) groups is 1. The molecule has 4 heteroatoms. The third-order valence-electron chi connectivity index (χ3n) is 3.57. The summed E-state index contributed by atoms with van der Waals surface area (Å²) >= 11 is 0. The standard InChI is InChI=1S/C20H26N2O2/c1-4-22(14-17-8-6-5-7-9-17)15-20(23)21-18-10-12-19(13-11-18)24-16(2)3/h5-13,16H,4,14-15H2,1-3H3,(H,21,23). The van der Waals surface area contributed by atoms with Gasteiger partial charge in [-0.15, -0.1) is 0 Å². The lowest BCUT2D eigenvalue weighted by atomic mass is 10.2. The van der Waals surface area contributed by atoms with Crippen molar-refractivity contribution in [1.82, 2.24) is 4.90 Å². The van der Waals surface area contributed by atoms with E-state index in [1.807, 2.05) is 56.3 Å². The van der Waals surface area contributed by atoms with Crippen molar-refractivity contribution in [2.75, 3.05) is 18.4 Å². The molecule has 0 bridgehead atoms. The van der Waals surface area contributed by atoms with Crippen molar-refractivity contribution in [2.24, 2.45) is 0 Å². The topological polar surface area (TPSA) is 41.6 Å². The smallest absolute Gasteiger partial charge is 0.238 e. The van der Waals surface area contributed by atoms with Crippen molar-refractivity contribution in [3.63, 3.8) is 0 Å². The van der Waals surface area contributed by atoms with Gasteiger partial charge in [0.2, 0.25) is 5.91 Å². The molecule has 0 saturated carbocycles. The van der Waals surface area contributed by atoms with Gasteiger partial charge in [0, 0.05) is 12.2 Å². The molecule has 2 rings (SSSR count). The molecule has 1 amide bonds. The molecule has 128 valence electrons. The van der Waals surface area contributed by atoms with E-state index in [1.54, 1.807) is 0 Å². The second kappa shape index (κ2) is 9.08. The lowest BCUT2D eigenvalue weighted by Crippen LogP contribution is -2.32. The van der Waals surface area contributed by atoms with Crippen LogP contribution >= 0.6 is 0 Å². The van der Waals surface area contributed by atoms with E-state index in [9.17, 15) is 4.79 Å². The highest BCUT2D eigenvalue weighted by molar-refractivity contribution is 5.92. The second-order valence-electron chi connectivity index (χ2n) is 6.03. The van der Waals surface area contributed by atoms with Crippen LogP contribution in [0.4, 0.5) is 5.69 Å². The van der Waals surface area contributed by atoms with E-state index in [0.717, 1.165) is 24.5 Å². The molecule has 0 fully saturated rings. The first kappa shape index (κ1) is 18.0. The van der Waals surface area contributed by atoms with Gasteiger partial charge >= 0.3 is 0 Å². The number of rotatable bonds is 8. The first-order valence-corrected chi connectivity index (χ1v) is 8.39. The van der Waals surface area contributed by atoms with Crippen molar-refractivity contribution < 1.29 is 9.53 Å². The summed E-state index contributed by atoms with van der Waals surface area (Å²) < 4.78 is 5.60. The molecule has 4 nitrogen and oxygen atoms in total. The molecule has 0 aliphatic rings. The first-order valence-electron chi connectivity index (χ1n) is 8.39. The minimum atomic E-state index is -0.00897. The zero-order valence-electron chi connectivity index (χ0n) is 14.7. The quantitative estimate of drug-likeness (QED) is 0.799. The van der Waals surface area contributed by atoms with Crippen LogP contribution in [-0.2, 0) is 11.3 Å². The minimum absolute atomic E-state index is 0.00897. The molecule has 0 radical (unpaired) electrons. The molecule has 0 aliphatic carbocycles. The van der Waals surface area contributed by atoms with Gasteiger partial charge in [-0.05, 0) is 50.2 Å². The van der Waals surface area contributed by atoms with Gasteiger partial charge in [0.1, 0.15) is 5.75 Å². The Bertz CT molecular complexity index is 624. The molecule has 0 atom stereocenters. The fourth-order valence-corrected chi connectivity index (χ4v) is 2.41. The predicted molar refractivity (Wildman–Crippen MR) is 98.2 cm³/mol. The maximum atomic E-state index is 12.3. The highest BCUT2D eigenvalue weighted by Gasteiger charge is 2.10. The van der Waals surface area contributed by atoms with Gasteiger partial charge in [-0.3, -0.25) is 9.69 Å². The lowest BCUT2D eigenvalue weighted by molar-refractivity contribution is -0.117. The molecule has 0 heterocycles. The summed E-state index contributed by atoms with van der Waals surface area (Å²) in [6.07, 6.45) is 0.140. The summed E-state index contributed by atoms with van der Waals surface area (Å²) in [7, 11) is 0. The van der Waals surface area contributed by atoms with Gasteiger partial charge in [-0.2, -0.15) is 0 Å². The van der Waals surface area contributed by atoms with Gasteiger partial charge in [0.25, 0.3) is 0 Å². The van der Waals surface area contributed by atoms with E-state index >= 15 is 0 Å². The molecule has 0 aromatic heterocycles. The molecular weight excluding hydrogens is 300 g/mol. The average molecular weight is 326 g/mol. The number of hydrogen-bond acceptors (Lipinski definition) is 3. The Kier molecular flexibility index (Phi) is 6.82. The largest absolute Gasteiger partial charge is 0.491 e. The fourth-order valence-electron chi connectivity index (χ4n) is 2.41. The number of nitrogens with zero attached hydrogens (tertiary/aromatic N) is 1. The van der Waals surface area contributed by atoms with Crippen LogP contribution in [0.2, 0.25) is 0 Å². The number of ether oxygens (including phenoxy) is 1. The normalized spacial score (nSPS) is 10.9. The monoisotopic (exact) mass is 326 g/mol. The molecule has 1 N–H and O–H groups in total. The SMILES string of the molecule is CCN(CC(=O)Nc1ccc(OC(C)C)cc1)Cc1ccccc1. The van der Waals surface area contributed by atoms with Crippen molar-refractivity contribution in [3.05, 3.63) is 60.2 Å². The van der Waals surface area contributed by atoms with Crippen LogP contribution < -0.4 is 10.1 Å². The van der Waals surface area contributed by atoms with Crippen LogP contribution in [0.1, 0.15) is 26.3 Å². The average Bonchev–Trinajstić information content (AvgIpc) is 2.56. The van der Waals surface area contributed by atoms with Crippen LogP contribution in [-0.4, -0.2) is 30.0 Å². The van der Waals surface area contributed by atoms with E-state index < -0.39 is 0 Å². The van der Waals surface area contributed by atoms with Crippen LogP contribution in [0.5, 0.6) is 5.75 Å². The Morgan fingerprint density at radius 3 is 2.33 bits per heavy atom. The van der Waals surface area contributed by atoms with E-state index in [2.05, 4.69) is 29.3 Å². The number of benzene rings is 2. The van der Waals surface area contributed by atoms with Crippen LogP contribution in [0.3, 0.4) is 0 Å². The van der Waals surface area contributed by atoms with E-state index in [1.165, 1.54) is 5.56 Å². The predicted octanol–water partition coefficient (Wildman–Crippen LogP) is 3.93. The molecule has 0 spiro atoms. The fraction of sp³-hybridized carbons (Fsp3) is 0.350. The van der Waals surface area contributed by atoms with E-state index in [4.69, 9.17) is 4.74 Å². The van der Waals surface area contributed by atoms with Gasteiger partial charge in [-0.25, -0.2) is 0 Å². The van der Waals surface area contributed by atoms with E-state index in [0.29, 0.717) is 6.54 Å². The van der Waals surface area contributed by atoms with Crippen LogP contribution in [0.25, 0.3) is 0 Å². The van der Waals surface area contributed by atoms with Crippen molar-refractivity contribution >= 4 is 11.6 Å². The lowest BCUT2D eigenvalue weighted by Gasteiger charge is -2.20. The van der Waals surface area contributed by atoms with Gasteiger partial charge in [0.05, 0.1) is 12.6 Å². The number of amides is 1. The molecule has 24 heavy (non-hydrogen) atoms. The Hall–Kier alpha value is -2.33. The second-order valence-corrected chi connectivity index (χ2v) is 6.03. The maximum Gasteiger partial charge on any atom is 0.238 e. The number of hydrogen-bond donors (Lipinski definition) is 1. The minimum Gasteiger partial charge on any atom is -0.491 e. The number of carbonyl (C=O) groups excluding carboxylic acids is 1. The summed E-state index contributed by atoms with van der Waals surface area (Å²) in [5.74, 6) is 0.799. The van der Waals surface area contributed by atoms with E-state index in [-0.39, 0.29) is 12.0 Å². The number of likely N-dealkylation sites (N-methyl/N-ethyl adjacent to an activating group) is 1. The molecule has 0 aliphatic heterocycles. The summed E-state index contributed by atoms with van der Waals surface area (Å²) in [6, 6.07) is 17.7. The molecule has 0 saturated heterocycles. The molecule has 0 unspecified atom stereocenters. The summed E-state index contributed by atoms with van der Waals surface area (Å²) in [6.45, 7) is 8.00. The number of nitrogens with one attached hydrogen (secondary N) is 1. The molecule has 2 aromatic carbocycles.